The Hall–Kier alpha value is -1.64. The summed E-state index contributed by atoms with van der Waals surface area (Å²) in [6.07, 6.45) is 0.204. The molecule has 1 aliphatic rings. The smallest absolute Gasteiger partial charge is 0.264 e. The number of hydrogen-bond donors (Lipinski definition) is 2. The van der Waals surface area contributed by atoms with E-state index in [1.165, 1.54) is 0 Å². The number of primary amides is 1. The molecule has 3 N–H and O–H groups in total. The highest BCUT2D eigenvalue weighted by Gasteiger charge is 2.47. The molecule has 0 saturated heterocycles. The molecular formula is C16H24N2O5S. The summed E-state index contributed by atoms with van der Waals surface area (Å²) >= 11 is 0. The summed E-state index contributed by atoms with van der Waals surface area (Å²) in [5, 5.41) is 3.31. The molecule has 0 aliphatic carbocycles. The van der Waals surface area contributed by atoms with Crippen molar-refractivity contribution >= 4 is 16.0 Å². The Morgan fingerprint density at radius 1 is 1.38 bits per heavy atom. The summed E-state index contributed by atoms with van der Waals surface area (Å²) in [6, 6.07) is 4.45. The predicted octanol–water partition coefficient (Wildman–Crippen LogP) is 1.34. The van der Waals surface area contributed by atoms with Crippen LogP contribution in [-0.4, -0.2) is 38.3 Å². The first-order valence-corrected chi connectivity index (χ1v) is 9.49. The Labute approximate surface area is 142 Å². The van der Waals surface area contributed by atoms with E-state index in [2.05, 4.69) is 5.32 Å². The van der Waals surface area contributed by atoms with E-state index in [9.17, 15) is 13.2 Å². The molecule has 0 bridgehead atoms. The average molecular weight is 356 g/mol. The Morgan fingerprint density at radius 3 is 2.50 bits per heavy atom. The molecule has 2 rings (SSSR count). The fourth-order valence-corrected chi connectivity index (χ4v) is 3.56. The van der Waals surface area contributed by atoms with E-state index >= 15 is 0 Å². The highest BCUT2D eigenvalue weighted by atomic mass is 32.2. The Morgan fingerprint density at radius 2 is 2.00 bits per heavy atom. The molecule has 1 aromatic carbocycles. The molecule has 1 amide bonds. The van der Waals surface area contributed by atoms with Crippen LogP contribution in [0, 0.1) is 0 Å². The fourth-order valence-electron chi connectivity index (χ4n) is 2.84. The number of nitrogens with one attached hydrogen (secondary N) is 1. The van der Waals surface area contributed by atoms with Gasteiger partial charge in [-0.2, -0.15) is 8.42 Å². The van der Waals surface area contributed by atoms with Crippen molar-refractivity contribution in [1.29, 1.82) is 0 Å². The fraction of sp³-hybridized carbons (Fsp3) is 0.562. The van der Waals surface area contributed by atoms with Crippen LogP contribution >= 0.6 is 0 Å². The molecule has 0 spiro atoms. The summed E-state index contributed by atoms with van der Waals surface area (Å²) < 4.78 is 34.7. The third kappa shape index (κ3) is 4.06. The molecule has 7 nitrogen and oxygen atoms in total. The molecule has 1 aromatic rings. The number of carbonyl (C=O) groups excluding carboxylic acids is 1. The van der Waals surface area contributed by atoms with Gasteiger partial charge in [0.15, 0.2) is 0 Å². The van der Waals surface area contributed by atoms with Crippen LogP contribution in [0.5, 0.6) is 5.75 Å². The van der Waals surface area contributed by atoms with Crippen molar-refractivity contribution in [2.45, 2.75) is 51.5 Å². The van der Waals surface area contributed by atoms with Gasteiger partial charge >= 0.3 is 0 Å². The van der Waals surface area contributed by atoms with Crippen molar-refractivity contribution in [3.63, 3.8) is 0 Å². The normalized spacial score (nSPS) is 22.8. The average Bonchev–Trinajstić information content (AvgIpc) is 2.40. The van der Waals surface area contributed by atoms with Gasteiger partial charge in [-0.15, -0.1) is 0 Å². The van der Waals surface area contributed by atoms with E-state index in [1.807, 2.05) is 13.8 Å². The Balaban J connectivity index is 2.59. The molecule has 0 fully saturated rings. The van der Waals surface area contributed by atoms with E-state index in [1.54, 1.807) is 32.0 Å². The number of hydrogen-bond acceptors (Lipinski definition) is 6. The molecule has 24 heavy (non-hydrogen) atoms. The molecule has 0 saturated carbocycles. The zero-order valence-corrected chi connectivity index (χ0v) is 15.3. The maximum atomic E-state index is 11.7. The molecule has 0 aromatic heterocycles. The lowest BCUT2D eigenvalue weighted by atomic mass is 9.85. The first kappa shape index (κ1) is 18.7. The van der Waals surface area contributed by atoms with Crippen LogP contribution in [0.3, 0.4) is 0 Å². The van der Waals surface area contributed by atoms with E-state index < -0.39 is 33.8 Å². The molecule has 134 valence electrons. The van der Waals surface area contributed by atoms with Gasteiger partial charge in [-0.3, -0.25) is 8.98 Å². The first-order chi connectivity index (χ1) is 10.9. The van der Waals surface area contributed by atoms with Gasteiger partial charge in [0.2, 0.25) is 5.91 Å². The second-order valence-electron chi connectivity index (χ2n) is 6.84. The number of carbonyl (C=O) groups is 1. The monoisotopic (exact) mass is 356 g/mol. The van der Waals surface area contributed by atoms with Gasteiger partial charge in [-0.25, -0.2) is 0 Å². The van der Waals surface area contributed by atoms with E-state index in [0.717, 1.165) is 6.26 Å². The summed E-state index contributed by atoms with van der Waals surface area (Å²) in [4.78, 5) is 11.5. The lowest BCUT2D eigenvalue weighted by Crippen LogP contribution is -2.55. The molecule has 2 atom stereocenters. The van der Waals surface area contributed by atoms with Gasteiger partial charge in [0.25, 0.3) is 10.1 Å². The lowest BCUT2D eigenvalue weighted by Gasteiger charge is -2.44. The van der Waals surface area contributed by atoms with Gasteiger partial charge in [0, 0.05) is 17.2 Å². The number of rotatable bonds is 5. The standard InChI is InChI=1S/C16H24N2O5S/c1-9(2)18-13-11-8-10(15(17)19)6-7-12(11)22-16(3,4)14(13)23-24(5,20)21/h6-9,13-14,18H,1-5H3,(H2,17,19)/t13-,14+/m0/s1. The van der Waals surface area contributed by atoms with Crippen molar-refractivity contribution in [1.82, 2.24) is 5.32 Å². The van der Waals surface area contributed by atoms with Crippen LogP contribution in [0.15, 0.2) is 18.2 Å². The van der Waals surface area contributed by atoms with Crippen molar-refractivity contribution < 1.29 is 22.1 Å². The zero-order valence-electron chi connectivity index (χ0n) is 14.5. The van der Waals surface area contributed by atoms with Gasteiger partial charge in [0.1, 0.15) is 17.5 Å². The Bertz CT molecular complexity index is 743. The quantitative estimate of drug-likeness (QED) is 0.771. The third-order valence-electron chi connectivity index (χ3n) is 3.78. The zero-order chi connectivity index (χ0) is 18.3. The van der Waals surface area contributed by atoms with Crippen molar-refractivity contribution in [3.05, 3.63) is 29.3 Å². The molecule has 0 radical (unpaired) electrons. The number of amides is 1. The second kappa shape index (κ2) is 6.34. The van der Waals surface area contributed by atoms with Crippen LogP contribution < -0.4 is 15.8 Å². The summed E-state index contributed by atoms with van der Waals surface area (Å²) in [5.41, 5.74) is 5.44. The number of ether oxygens (including phenoxy) is 1. The van der Waals surface area contributed by atoms with Crippen LogP contribution in [0.25, 0.3) is 0 Å². The Kier molecular flexibility index (Phi) is 4.94. The van der Waals surface area contributed by atoms with Gasteiger partial charge in [-0.05, 0) is 32.0 Å². The van der Waals surface area contributed by atoms with E-state index in [-0.39, 0.29) is 6.04 Å². The number of benzene rings is 1. The van der Waals surface area contributed by atoms with Crippen LogP contribution in [0.4, 0.5) is 0 Å². The van der Waals surface area contributed by atoms with Crippen molar-refractivity contribution in [2.24, 2.45) is 5.73 Å². The maximum absolute atomic E-state index is 11.7. The number of fused-ring (bicyclic) bond motifs is 1. The highest BCUT2D eigenvalue weighted by molar-refractivity contribution is 7.86. The topological polar surface area (TPSA) is 108 Å². The van der Waals surface area contributed by atoms with Crippen molar-refractivity contribution in [2.75, 3.05) is 6.26 Å². The highest BCUT2D eigenvalue weighted by Crippen LogP contribution is 2.42. The summed E-state index contributed by atoms with van der Waals surface area (Å²) in [5.74, 6) is 0.00279. The van der Waals surface area contributed by atoms with E-state index in [4.69, 9.17) is 14.7 Å². The lowest BCUT2D eigenvalue weighted by molar-refractivity contribution is -0.0480. The van der Waals surface area contributed by atoms with Crippen LogP contribution in [0.1, 0.15) is 49.7 Å². The summed E-state index contributed by atoms with van der Waals surface area (Å²) in [6.45, 7) is 7.42. The summed E-state index contributed by atoms with van der Waals surface area (Å²) in [7, 11) is -3.70. The minimum atomic E-state index is -3.70. The third-order valence-corrected chi connectivity index (χ3v) is 4.34. The van der Waals surface area contributed by atoms with E-state index in [0.29, 0.717) is 16.9 Å². The van der Waals surface area contributed by atoms with Gasteiger partial charge in [0.05, 0.1) is 12.3 Å². The molecular weight excluding hydrogens is 332 g/mol. The molecule has 8 heteroatoms. The molecule has 0 unspecified atom stereocenters. The molecule has 1 aliphatic heterocycles. The predicted molar refractivity (Wildman–Crippen MR) is 90.4 cm³/mol. The minimum absolute atomic E-state index is 0.0552. The number of nitrogens with two attached hydrogens (primary N) is 1. The van der Waals surface area contributed by atoms with Crippen molar-refractivity contribution in [3.8, 4) is 5.75 Å². The van der Waals surface area contributed by atoms with Crippen LogP contribution in [0.2, 0.25) is 0 Å². The second-order valence-corrected chi connectivity index (χ2v) is 8.44. The maximum Gasteiger partial charge on any atom is 0.264 e. The minimum Gasteiger partial charge on any atom is -0.485 e. The van der Waals surface area contributed by atoms with Gasteiger partial charge < -0.3 is 15.8 Å². The largest absolute Gasteiger partial charge is 0.485 e. The SMILES string of the molecule is CC(C)N[C@H]1c2cc(C(N)=O)ccc2OC(C)(C)[C@@H]1OS(C)(=O)=O. The first-order valence-electron chi connectivity index (χ1n) is 7.68. The molecule has 1 heterocycles. The van der Waals surface area contributed by atoms with Gasteiger partial charge in [-0.1, -0.05) is 13.8 Å². The van der Waals surface area contributed by atoms with Crippen LogP contribution in [-0.2, 0) is 14.3 Å².